The van der Waals surface area contributed by atoms with Gasteiger partial charge in [-0.05, 0) is 66.4 Å². The van der Waals surface area contributed by atoms with Crippen LogP contribution in [0.1, 0.15) is 49.9 Å². The van der Waals surface area contributed by atoms with Crippen LogP contribution < -0.4 is 5.73 Å². The minimum absolute atomic E-state index is 0.211. The predicted octanol–water partition coefficient (Wildman–Crippen LogP) is 7.80. The maximum atomic E-state index is 10.5. The quantitative estimate of drug-likeness (QED) is 0.173. The van der Waals surface area contributed by atoms with E-state index in [0.29, 0.717) is 11.4 Å². The van der Waals surface area contributed by atoms with Gasteiger partial charge >= 0.3 is 0 Å². The first kappa shape index (κ1) is 28.8. The van der Waals surface area contributed by atoms with Crippen molar-refractivity contribution in [2.75, 3.05) is 5.73 Å². The monoisotopic (exact) mass is 544 g/mol. The van der Waals surface area contributed by atoms with Gasteiger partial charge in [0, 0.05) is 34.6 Å². The van der Waals surface area contributed by atoms with Crippen molar-refractivity contribution in [3.05, 3.63) is 113 Å². The van der Waals surface area contributed by atoms with E-state index in [1.165, 1.54) is 11.1 Å². The number of nitrogen functional groups attached to an aromatic ring is 1. The SMILES string of the molecule is C/C=C\c1ccn2c(nn2-c2ccc(-c3ccc(N)cc3)c(O)c2)c1CC.CC.N=C1C=Cc2ccccc2C1=N. The molecule has 6 rings (SSSR count). The number of anilines is 1. The lowest BCUT2D eigenvalue weighted by Gasteiger charge is -2.20. The minimum Gasteiger partial charge on any atom is -0.507 e. The third-order valence-corrected chi connectivity index (χ3v) is 6.69. The average molecular weight is 545 g/mol. The minimum atomic E-state index is 0.211. The van der Waals surface area contributed by atoms with E-state index in [4.69, 9.17) is 16.6 Å². The van der Waals surface area contributed by atoms with E-state index in [1.54, 1.807) is 16.9 Å². The number of allylic oxidation sites excluding steroid dienone is 2. The number of aromatic hydroxyl groups is 1. The van der Waals surface area contributed by atoms with Gasteiger partial charge in [-0.3, -0.25) is 10.8 Å². The Morgan fingerprint density at radius 2 is 1.66 bits per heavy atom. The van der Waals surface area contributed by atoms with Crippen molar-refractivity contribution in [1.82, 2.24) is 14.4 Å². The molecule has 0 unspecified atom stereocenters. The van der Waals surface area contributed by atoms with Crippen LogP contribution in [-0.4, -0.2) is 30.9 Å². The topological polar surface area (TPSA) is 116 Å². The molecule has 7 heteroatoms. The summed E-state index contributed by atoms with van der Waals surface area (Å²) in [6.45, 7) is 8.15. The number of nitrogens with two attached hydrogens (primary N) is 1. The molecule has 1 aliphatic carbocycles. The number of rotatable bonds is 4. The van der Waals surface area contributed by atoms with E-state index >= 15 is 0 Å². The second-order valence-electron chi connectivity index (χ2n) is 9.19. The van der Waals surface area contributed by atoms with Crippen molar-refractivity contribution in [3.63, 3.8) is 0 Å². The number of aromatic nitrogens is 3. The zero-order chi connectivity index (χ0) is 29.5. The molecule has 0 amide bonds. The molecule has 0 radical (unpaired) electrons. The highest BCUT2D eigenvalue weighted by atomic mass is 16.3. The number of hydrogen-bond acceptors (Lipinski definition) is 5. The number of nitrogens with one attached hydrogen (secondary N) is 2. The summed E-state index contributed by atoms with van der Waals surface area (Å²) >= 11 is 0. The van der Waals surface area contributed by atoms with Gasteiger partial charge in [0.15, 0.2) is 5.65 Å². The lowest BCUT2D eigenvalue weighted by molar-refractivity contribution is 0.475. The number of benzene rings is 3. The van der Waals surface area contributed by atoms with Gasteiger partial charge in [-0.15, -0.1) is 5.10 Å². The fraction of sp³-hybridized carbons (Fsp3) is 0.147. The first-order chi connectivity index (χ1) is 19.9. The van der Waals surface area contributed by atoms with Gasteiger partial charge in [0.1, 0.15) is 5.75 Å². The van der Waals surface area contributed by atoms with Crippen LogP contribution in [0.5, 0.6) is 5.75 Å². The molecule has 0 spiro atoms. The second kappa shape index (κ2) is 12.8. The van der Waals surface area contributed by atoms with Crippen molar-refractivity contribution in [2.45, 2.75) is 34.1 Å². The first-order valence-electron chi connectivity index (χ1n) is 13.8. The maximum Gasteiger partial charge on any atom is 0.179 e. The van der Waals surface area contributed by atoms with Crippen LogP contribution in [0.4, 0.5) is 5.69 Å². The smallest absolute Gasteiger partial charge is 0.179 e. The zero-order valence-corrected chi connectivity index (χ0v) is 23.9. The van der Waals surface area contributed by atoms with E-state index in [1.807, 2.05) is 104 Å². The van der Waals surface area contributed by atoms with Gasteiger partial charge in [0.05, 0.1) is 17.1 Å². The Morgan fingerprint density at radius 1 is 0.927 bits per heavy atom. The molecular formula is C34H36N6O. The molecule has 0 saturated heterocycles. The lowest BCUT2D eigenvalue weighted by atomic mass is 9.94. The predicted molar refractivity (Wildman–Crippen MR) is 171 cm³/mol. The number of phenolic OH excluding ortho intramolecular Hbond substituents is 1. The van der Waals surface area contributed by atoms with Crippen molar-refractivity contribution in [3.8, 4) is 22.6 Å². The highest BCUT2D eigenvalue weighted by Crippen LogP contribution is 2.32. The van der Waals surface area contributed by atoms with Gasteiger partial charge in [-0.1, -0.05) is 75.4 Å². The Bertz CT molecular complexity index is 1750. The van der Waals surface area contributed by atoms with Crippen LogP contribution in [0, 0.1) is 10.8 Å². The number of aryl methyl sites for hydroxylation is 1. The summed E-state index contributed by atoms with van der Waals surface area (Å²) in [6, 6.07) is 22.8. The molecule has 208 valence electrons. The Labute approximate surface area is 240 Å². The molecule has 0 bridgehead atoms. The molecule has 2 heterocycles. The molecule has 7 nitrogen and oxygen atoms in total. The Hall–Kier alpha value is -5.17. The normalized spacial score (nSPS) is 12.1. The van der Waals surface area contributed by atoms with Crippen LogP contribution in [0.15, 0.2) is 91.1 Å². The van der Waals surface area contributed by atoms with Crippen molar-refractivity contribution < 1.29 is 5.11 Å². The third kappa shape index (κ3) is 5.89. The Balaban J connectivity index is 0.000000230. The molecule has 2 aromatic heterocycles. The number of phenols is 1. The summed E-state index contributed by atoms with van der Waals surface area (Å²) in [6.07, 6.45) is 10.6. The van der Waals surface area contributed by atoms with Crippen LogP contribution >= 0.6 is 0 Å². The molecule has 0 fully saturated rings. The van der Waals surface area contributed by atoms with Gasteiger partial charge in [0.25, 0.3) is 0 Å². The maximum absolute atomic E-state index is 10.5. The molecule has 3 aromatic carbocycles. The summed E-state index contributed by atoms with van der Waals surface area (Å²) in [5.41, 5.74) is 14.8. The van der Waals surface area contributed by atoms with E-state index in [0.717, 1.165) is 40.0 Å². The van der Waals surface area contributed by atoms with Gasteiger partial charge < -0.3 is 10.8 Å². The fourth-order valence-electron chi connectivity index (χ4n) is 4.65. The molecule has 5 N–H and O–H groups in total. The first-order valence-corrected chi connectivity index (χ1v) is 13.8. The largest absolute Gasteiger partial charge is 0.507 e. The van der Waals surface area contributed by atoms with Crippen molar-refractivity contribution in [2.24, 2.45) is 0 Å². The number of fused-ring (bicyclic) bond motifs is 2. The fourth-order valence-corrected chi connectivity index (χ4v) is 4.65. The highest BCUT2D eigenvalue weighted by molar-refractivity contribution is 6.52. The van der Waals surface area contributed by atoms with E-state index < -0.39 is 0 Å². The molecule has 0 atom stereocenters. The summed E-state index contributed by atoms with van der Waals surface area (Å²) in [7, 11) is 0. The highest BCUT2D eigenvalue weighted by Gasteiger charge is 2.15. The van der Waals surface area contributed by atoms with Gasteiger partial charge in [-0.2, -0.15) is 4.80 Å². The number of nitrogens with zero attached hydrogens (tertiary/aromatic N) is 3. The third-order valence-electron chi connectivity index (χ3n) is 6.69. The average Bonchev–Trinajstić information content (AvgIpc) is 2.98. The summed E-state index contributed by atoms with van der Waals surface area (Å²) in [5.74, 6) is 0.211. The van der Waals surface area contributed by atoms with Crippen LogP contribution in [0.25, 0.3) is 34.6 Å². The van der Waals surface area contributed by atoms with Crippen LogP contribution in [0.2, 0.25) is 0 Å². The van der Waals surface area contributed by atoms with E-state index in [-0.39, 0.29) is 11.5 Å². The van der Waals surface area contributed by atoms with Crippen molar-refractivity contribution >= 4 is 34.9 Å². The van der Waals surface area contributed by atoms with Crippen molar-refractivity contribution in [1.29, 1.82) is 10.8 Å². The summed E-state index contributed by atoms with van der Waals surface area (Å²) in [4.78, 5) is 1.79. The van der Waals surface area contributed by atoms with Crippen LogP contribution in [0.3, 0.4) is 0 Å². The molecule has 41 heavy (non-hydrogen) atoms. The molecule has 0 saturated carbocycles. The second-order valence-corrected chi connectivity index (χ2v) is 9.19. The number of hydrogen-bond donors (Lipinski definition) is 4. The standard InChI is InChI=1S/C22H22N4O.C10H8N2.C2H6/c1-3-5-15-12-13-25-22(19(15)4-2)24-26(25)18-10-11-20(21(27)14-18)16-6-8-17(23)9-7-16;11-9-6-5-7-3-1-2-4-8(7)10(9)12;1-2/h3,5-14,27H,4,23H2,1-2H3;1-6,11-12H;1-2H3/b5-3-;;. The van der Waals surface area contributed by atoms with E-state index in [9.17, 15) is 5.11 Å². The summed E-state index contributed by atoms with van der Waals surface area (Å²) in [5, 5.41) is 30.2. The zero-order valence-electron chi connectivity index (χ0n) is 23.9. The van der Waals surface area contributed by atoms with Crippen LogP contribution in [-0.2, 0) is 6.42 Å². The van der Waals surface area contributed by atoms with Gasteiger partial charge in [0.2, 0.25) is 0 Å². The molecule has 1 aliphatic rings. The summed E-state index contributed by atoms with van der Waals surface area (Å²) < 4.78 is 2.00. The molecule has 0 aliphatic heterocycles. The number of pyridine rings is 1. The Kier molecular flexibility index (Phi) is 8.99. The van der Waals surface area contributed by atoms with Gasteiger partial charge in [-0.25, -0.2) is 4.52 Å². The molecule has 5 aromatic rings. The van der Waals surface area contributed by atoms with E-state index in [2.05, 4.69) is 24.2 Å². The Morgan fingerprint density at radius 3 is 2.34 bits per heavy atom. The lowest BCUT2D eigenvalue weighted by Crippen LogP contribution is -2.21. The molecular weight excluding hydrogens is 508 g/mol.